The van der Waals surface area contributed by atoms with E-state index in [1.54, 1.807) is 0 Å². The topological polar surface area (TPSA) is 58.6 Å². The number of nitrogens with one attached hydrogen (secondary N) is 1. The Balaban J connectivity index is 1.38. The lowest BCUT2D eigenvalue weighted by atomic mass is 9.53. The molecule has 0 heterocycles. The number of aryl methyl sites for hydroxylation is 1. The van der Waals surface area contributed by atoms with Crippen LogP contribution in [0.5, 0.6) is 5.75 Å². The van der Waals surface area contributed by atoms with Gasteiger partial charge in [0.2, 0.25) is 5.91 Å². The van der Waals surface area contributed by atoms with Crippen LogP contribution in [0.15, 0.2) is 48.5 Å². The lowest BCUT2D eigenvalue weighted by molar-refractivity contribution is -0.128. The minimum atomic E-state index is -0.697. The molecule has 0 aliphatic heterocycles. The number of hydrogen-bond donors (Lipinski definition) is 2. The molecule has 2 saturated carbocycles. The smallest absolute Gasteiger partial charge is 0.223 e. The molecule has 2 fully saturated rings. The van der Waals surface area contributed by atoms with Gasteiger partial charge in [-0.1, -0.05) is 55.7 Å². The van der Waals surface area contributed by atoms with E-state index in [2.05, 4.69) is 35.6 Å². The summed E-state index contributed by atoms with van der Waals surface area (Å²) in [4.78, 5) is 12.4. The van der Waals surface area contributed by atoms with E-state index in [0.29, 0.717) is 13.2 Å². The van der Waals surface area contributed by atoms with E-state index in [1.807, 2.05) is 18.2 Å². The maximum atomic E-state index is 12.4. The Hall–Kier alpha value is -2.33. The van der Waals surface area contributed by atoms with Crippen LogP contribution in [0.25, 0.3) is 0 Å². The largest absolute Gasteiger partial charge is 0.489 e. The van der Waals surface area contributed by atoms with Gasteiger partial charge < -0.3 is 15.2 Å². The van der Waals surface area contributed by atoms with Crippen molar-refractivity contribution in [1.29, 1.82) is 0 Å². The lowest BCUT2D eigenvalue weighted by Gasteiger charge is -2.55. The average molecular weight is 434 g/mol. The van der Waals surface area contributed by atoms with Crippen LogP contribution in [0.1, 0.15) is 74.5 Å². The fraction of sp³-hybridized carbons (Fsp3) is 0.536. The molecular formula is C28H35NO3. The van der Waals surface area contributed by atoms with E-state index in [-0.39, 0.29) is 17.2 Å². The molecule has 2 aromatic carbocycles. The van der Waals surface area contributed by atoms with Crippen LogP contribution in [0, 0.1) is 5.92 Å². The minimum Gasteiger partial charge on any atom is -0.489 e. The standard InChI is InChI=1S/C28H35NO3/c30-26(23-9-6-10-23)29-18-17-27-14-4-5-15-28(27,31)16-13-22-11-12-24(19-25(22)27)32-20-21-7-2-1-3-8-21/h1-3,7-8,11-12,19,23,31H,4-6,9-10,13-18,20H2,(H,29,30). The van der Waals surface area contributed by atoms with Crippen LogP contribution in [-0.4, -0.2) is 23.2 Å². The van der Waals surface area contributed by atoms with Gasteiger partial charge in [-0.2, -0.15) is 0 Å². The highest BCUT2D eigenvalue weighted by Gasteiger charge is 2.54. The van der Waals surface area contributed by atoms with Crippen molar-refractivity contribution in [3.63, 3.8) is 0 Å². The Morgan fingerprint density at radius 3 is 2.62 bits per heavy atom. The fourth-order valence-electron chi connectivity index (χ4n) is 6.16. The van der Waals surface area contributed by atoms with E-state index < -0.39 is 5.60 Å². The number of hydrogen-bond acceptors (Lipinski definition) is 3. The number of aliphatic hydroxyl groups is 1. The zero-order chi connectivity index (χ0) is 22.0. The fourth-order valence-corrected chi connectivity index (χ4v) is 6.16. The molecular weight excluding hydrogens is 398 g/mol. The van der Waals surface area contributed by atoms with Crippen molar-refractivity contribution in [2.24, 2.45) is 5.92 Å². The van der Waals surface area contributed by atoms with Crippen molar-refractivity contribution in [1.82, 2.24) is 5.32 Å². The molecule has 3 aliphatic carbocycles. The highest BCUT2D eigenvalue weighted by molar-refractivity contribution is 5.79. The quantitative estimate of drug-likeness (QED) is 0.642. The Labute approximate surface area is 191 Å². The zero-order valence-electron chi connectivity index (χ0n) is 18.9. The first kappa shape index (κ1) is 21.5. The summed E-state index contributed by atoms with van der Waals surface area (Å²) in [6, 6.07) is 16.7. The third kappa shape index (κ3) is 3.94. The molecule has 0 radical (unpaired) electrons. The second kappa shape index (κ2) is 8.90. The summed E-state index contributed by atoms with van der Waals surface area (Å²) in [6.07, 6.45) is 9.72. The number of carbonyl (C=O) groups excluding carboxylic acids is 1. The van der Waals surface area contributed by atoms with Crippen LogP contribution in [0.2, 0.25) is 0 Å². The summed E-state index contributed by atoms with van der Waals surface area (Å²) in [6.45, 7) is 1.17. The minimum absolute atomic E-state index is 0.197. The molecule has 4 nitrogen and oxygen atoms in total. The number of fused-ring (bicyclic) bond motifs is 3. The predicted molar refractivity (Wildman–Crippen MR) is 126 cm³/mol. The zero-order valence-corrected chi connectivity index (χ0v) is 18.9. The Morgan fingerprint density at radius 1 is 1.03 bits per heavy atom. The van der Waals surface area contributed by atoms with Crippen molar-refractivity contribution in [3.05, 3.63) is 65.2 Å². The van der Waals surface area contributed by atoms with Gasteiger partial charge >= 0.3 is 0 Å². The Kier molecular flexibility index (Phi) is 5.98. The van der Waals surface area contributed by atoms with Crippen LogP contribution >= 0.6 is 0 Å². The lowest BCUT2D eigenvalue weighted by Crippen LogP contribution is -2.57. The van der Waals surface area contributed by atoms with Gasteiger partial charge in [-0.15, -0.1) is 0 Å². The average Bonchev–Trinajstić information content (AvgIpc) is 2.77. The third-order valence-corrected chi connectivity index (χ3v) is 8.31. The van der Waals surface area contributed by atoms with Crippen LogP contribution in [0.4, 0.5) is 0 Å². The first-order chi connectivity index (χ1) is 15.6. The predicted octanol–water partition coefficient (Wildman–Crippen LogP) is 5.06. The summed E-state index contributed by atoms with van der Waals surface area (Å²) < 4.78 is 6.16. The Morgan fingerprint density at radius 2 is 1.84 bits per heavy atom. The maximum Gasteiger partial charge on any atom is 0.223 e. The summed E-state index contributed by atoms with van der Waals surface area (Å²) >= 11 is 0. The Bertz CT molecular complexity index is 954. The molecule has 0 bridgehead atoms. The molecule has 4 heteroatoms. The first-order valence-corrected chi connectivity index (χ1v) is 12.4. The molecule has 0 spiro atoms. The van der Waals surface area contributed by atoms with Gasteiger partial charge in [-0.25, -0.2) is 0 Å². The van der Waals surface area contributed by atoms with E-state index in [1.165, 1.54) is 17.5 Å². The van der Waals surface area contributed by atoms with Gasteiger partial charge in [-0.3, -0.25) is 4.79 Å². The van der Waals surface area contributed by atoms with Crippen molar-refractivity contribution >= 4 is 5.91 Å². The van der Waals surface area contributed by atoms with Gasteiger partial charge in [-0.05, 0) is 73.8 Å². The van der Waals surface area contributed by atoms with Gasteiger partial charge in [0.15, 0.2) is 0 Å². The SMILES string of the molecule is O=C(NCCC12CCCCC1(O)CCc1ccc(OCc3ccccc3)cc12)C1CCC1. The van der Waals surface area contributed by atoms with Crippen LogP contribution in [0.3, 0.4) is 0 Å². The summed E-state index contributed by atoms with van der Waals surface area (Å²) in [5, 5.41) is 15.1. The van der Waals surface area contributed by atoms with E-state index in [9.17, 15) is 9.90 Å². The van der Waals surface area contributed by atoms with Crippen molar-refractivity contribution in [3.8, 4) is 5.75 Å². The molecule has 170 valence electrons. The summed E-state index contributed by atoms with van der Waals surface area (Å²) in [5.74, 6) is 1.26. The van der Waals surface area contributed by atoms with Crippen molar-refractivity contribution in [2.75, 3.05) is 6.54 Å². The highest BCUT2D eigenvalue weighted by atomic mass is 16.5. The molecule has 0 aromatic heterocycles. The van der Waals surface area contributed by atoms with Gasteiger partial charge in [0, 0.05) is 17.9 Å². The molecule has 2 atom stereocenters. The molecule has 3 aliphatic rings. The third-order valence-electron chi connectivity index (χ3n) is 8.31. The molecule has 32 heavy (non-hydrogen) atoms. The first-order valence-electron chi connectivity index (χ1n) is 12.4. The van der Waals surface area contributed by atoms with Gasteiger partial charge in [0.25, 0.3) is 0 Å². The molecule has 2 aromatic rings. The monoisotopic (exact) mass is 433 g/mol. The molecule has 1 amide bonds. The molecule has 0 saturated heterocycles. The van der Waals surface area contributed by atoms with Crippen molar-refractivity contribution < 1.29 is 14.6 Å². The number of rotatable bonds is 7. The number of amides is 1. The van der Waals surface area contributed by atoms with Crippen molar-refractivity contribution in [2.45, 2.75) is 81.8 Å². The van der Waals surface area contributed by atoms with E-state index in [0.717, 1.165) is 69.1 Å². The second-order valence-electron chi connectivity index (χ2n) is 10.1. The van der Waals surface area contributed by atoms with Gasteiger partial charge in [0.05, 0.1) is 5.60 Å². The summed E-state index contributed by atoms with van der Waals surface area (Å²) in [7, 11) is 0. The van der Waals surface area contributed by atoms with E-state index in [4.69, 9.17) is 4.74 Å². The van der Waals surface area contributed by atoms with E-state index >= 15 is 0 Å². The van der Waals surface area contributed by atoms with Crippen LogP contribution < -0.4 is 10.1 Å². The normalized spacial score (nSPS) is 27.0. The number of carbonyl (C=O) groups is 1. The number of benzene rings is 2. The summed E-state index contributed by atoms with van der Waals surface area (Å²) in [5.41, 5.74) is 2.71. The molecule has 2 unspecified atom stereocenters. The number of ether oxygens (including phenoxy) is 1. The molecule has 2 N–H and O–H groups in total. The van der Waals surface area contributed by atoms with Crippen LogP contribution in [-0.2, 0) is 23.2 Å². The highest BCUT2D eigenvalue weighted by Crippen LogP contribution is 2.55. The maximum absolute atomic E-state index is 12.4. The second-order valence-corrected chi connectivity index (χ2v) is 10.1. The molecule has 5 rings (SSSR count). The van der Waals surface area contributed by atoms with Gasteiger partial charge in [0.1, 0.15) is 12.4 Å².